The molecule has 0 aromatic heterocycles. The molecule has 78 valence electrons. The summed E-state index contributed by atoms with van der Waals surface area (Å²) in [5, 5.41) is 0. The first-order valence-corrected chi connectivity index (χ1v) is 5.76. The minimum atomic E-state index is -3.85. The third kappa shape index (κ3) is 8.03. The first-order valence-electron chi connectivity index (χ1n) is 4.27. The second-order valence-electron chi connectivity index (χ2n) is 2.96. The van der Waals surface area contributed by atoms with Gasteiger partial charge in [-0.3, -0.25) is 9.42 Å². The summed E-state index contributed by atoms with van der Waals surface area (Å²) in [6, 6.07) is 0. The molecule has 0 amide bonds. The predicted octanol–water partition coefficient (Wildman–Crippen LogP) is 2.84. The van der Waals surface area contributed by atoms with Crippen LogP contribution in [0.1, 0.15) is 33.6 Å². The normalized spacial score (nSPS) is 14.8. The Morgan fingerprint density at radius 3 is 2.62 bits per heavy atom. The predicted molar refractivity (Wildman–Crippen MR) is 51.2 cm³/mol. The number of hydrogen-bond acceptors (Lipinski definition) is 3. The zero-order valence-corrected chi connectivity index (χ0v) is 9.21. The number of unbranched alkanes of at least 4 members (excludes halogenated alkanes) is 1. The second kappa shape index (κ2) is 6.19. The number of phosphoric acid groups is 1. The Labute approximate surface area is 79.2 Å². The standard InChI is InChI=1S/C8H17O4P/c1-4-5-6-11-13(9,10)12-7-8(2)3/h7H,4-6H2,1-3H3,(H,9,10). The van der Waals surface area contributed by atoms with E-state index in [2.05, 4.69) is 9.05 Å². The maximum atomic E-state index is 11.1. The van der Waals surface area contributed by atoms with E-state index in [1.54, 1.807) is 13.8 Å². The quantitative estimate of drug-likeness (QED) is 0.414. The first-order chi connectivity index (χ1) is 5.98. The van der Waals surface area contributed by atoms with E-state index in [4.69, 9.17) is 4.89 Å². The maximum Gasteiger partial charge on any atom is 0.526 e. The van der Waals surface area contributed by atoms with Crippen LogP contribution in [0.2, 0.25) is 0 Å². The summed E-state index contributed by atoms with van der Waals surface area (Å²) < 4.78 is 20.3. The zero-order valence-electron chi connectivity index (χ0n) is 8.32. The third-order valence-electron chi connectivity index (χ3n) is 1.17. The molecule has 1 atom stereocenters. The number of allylic oxidation sites excluding steroid dienone is 1. The van der Waals surface area contributed by atoms with E-state index in [-0.39, 0.29) is 6.61 Å². The highest BCUT2D eigenvalue weighted by Crippen LogP contribution is 2.43. The van der Waals surface area contributed by atoms with Crippen LogP contribution in [0.3, 0.4) is 0 Å². The Kier molecular flexibility index (Phi) is 6.04. The molecule has 5 heteroatoms. The van der Waals surface area contributed by atoms with Gasteiger partial charge in [-0.1, -0.05) is 13.3 Å². The molecule has 0 aliphatic heterocycles. The molecule has 0 aliphatic rings. The van der Waals surface area contributed by atoms with Gasteiger partial charge in [0, 0.05) is 0 Å². The average molecular weight is 208 g/mol. The van der Waals surface area contributed by atoms with Crippen molar-refractivity contribution in [2.45, 2.75) is 33.6 Å². The Hall–Kier alpha value is -0.310. The summed E-state index contributed by atoms with van der Waals surface area (Å²) in [5.41, 5.74) is 0.813. The second-order valence-corrected chi connectivity index (χ2v) is 4.36. The van der Waals surface area contributed by atoms with Crippen molar-refractivity contribution in [3.63, 3.8) is 0 Å². The van der Waals surface area contributed by atoms with E-state index in [9.17, 15) is 4.57 Å². The van der Waals surface area contributed by atoms with Crippen LogP contribution >= 0.6 is 7.82 Å². The molecule has 0 saturated heterocycles. The van der Waals surface area contributed by atoms with Crippen LogP contribution in [0, 0.1) is 0 Å². The van der Waals surface area contributed by atoms with Crippen molar-refractivity contribution in [3.05, 3.63) is 11.8 Å². The van der Waals surface area contributed by atoms with Crippen molar-refractivity contribution in [3.8, 4) is 0 Å². The number of hydrogen-bond donors (Lipinski definition) is 1. The van der Waals surface area contributed by atoms with Gasteiger partial charge >= 0.3 is 7.82 Å². The summed E-state index contributed by atoms with van der Waals surface area (Å²) in [4.78, 5) is 9.06. The van der Waals surface area contributed by atoms with Crippen LogP contribution < -0.4 is 0 Å². The molecule has 1 unspecified atom stereocenters. The monoisotopic (exact) mass is 208 g/mol. The summed E-state index contributed by atoms with van der Waals surface area (Å²) in [6.45, 7) is 5.77. The van der Waals surface area contributed by atoms with Crippen LogP contribution in [0.4, 0.5) is 0 Å². The van der Waals surface area contributed by atoms with E-state index >= 15 is 0 Å². The summed E-state index contributed by atoms with van der Waals surface area (Å²) in [6.07, 6.45) is 2.90. The highest BCUT2D eigenvalue weighted by molar-refractivity contribution is 7.47. The van der Waals surface area contributed by atoms with Gasteiger partial charge in [-0.25, -0.2) is 4.57 Å². The Morgan fingerprint density at radius 1 is 1.54 bits per heavy atom. The summed E-state index contributed by atoms with van der Waals surface area (Å²) in [7, 11) is -3.85. The smallest absolute Gasteiger partial charge is 0.412 e. The van der Waals surface area contributed by atoms with Gasteiger partial charge in [-0.2, -0.15) is 0 Å². The van der Waals surface area contributed by atoms with Crippen molar-refractivity contribution in [2.24, 2.45) is 0 Å². The van der Waals surface area contributed by atoms with E-state index in [1.165, 1.54) is 6.26 Å². The van der Waals surface area contributed by atoms with Gasteiger partial charge in [0.2, 0.25) is 0 Å². The lowest BCUT2D eigenvalue weighted by Crippen LogP contribution is -1.93. The molecular formula is C8H17O4P. The van der Waals surface area contributed by atoms with Crippen molar-refractivity contribution in [1.82, 2.24) is 0 Å². The molecule has 0 heterocycles. The number of rotatable bonds is 6. The molecule has 1 N–H and O–H groups in total. The molecule has 0 bridgehead atoms. The average Bonchev–Trinajstić information content (AvgIpc) is 2.02. The molecular weight excluding hydrogens is 191 g/mol. The molecule has 0 radical (unpaired) electrons. The SMILES string of the molecule is CCCCOP(=O)(O)OC=C(C)C. The highest BCUT2D eigenvalue weighted by Gasteiger charge is 2.19. The van der Waals surface area contributed by atoms with E-state index in [0.717, 1.165) is 18.4 Å². The van der Waals surface area contributed by atoms with E-state index < -0.39 is 7.82 Å². The lowest BCUT2D eigenvalue weighted by atomic mass is 10.4. The van der Waals surface area contributed by atoms with Crippen molar-refractivity contribution >= 4 is 7.82 Å². The van der Waals surface area contributed by atoms with Crippen LogP contribution in [-0.4, -0.2) is 11.5 Å². The van der Waals surface area contributed by atoms with Gasteiger partial charge in [-0.05, 0) is 25.8 Å². The van der Waals surface area contributed by atoms with Gasteiger partial charge in [0.15, 0.2) is 0 Å². The van der Waals surface area contributed by atoms with Gasteiger partial charge in [0.25, 0.3) is 0 Å². The minimum Gasteiger partial charge on any atom is -0.412 e. The molecule has 13 heavy (non-hydrogen) atoms. The van der Waals surface area contributed by atoms with E-state index in [0.29, 0.717) is 0 Å². The molecule has 4 nitrogen and oxygen atoms in total. The van der Waals surface area contributed by atoms with Gasteiger partial charge < -0.3 is 4.52 Å². The Morgan fingerprint density at radius 2 is 2.15 bits per heavy atom. The lowest BCUT2D eigenvalue weighted by Gasteiger charge is -2.09. The highest BCUT2D eigenvalue weighted by atomic mass is 31.2. The molecule has 0 aromatic rings. The van der Waals surface area contributed by atoms with Crippen molar-refractivity contribution in [1.29, 1.82) is 0 Å². The summed E-state index contributed by atoms with van der Waals surface area (Å²) >= 11 is 0. The Balaban J connectivity index is 3.80. The van der Waals surface area contributed by atoms with Gasteiger partial charge in [0.1, 0.15) is 0 Å². The fourth-order valence-electron chi connectivity index (χ4n) is 0.527. The Bertz CT molecular complexity index is 208. The minimum absolute atomic E-state index is 0.251. The van der Waals surface area contributed by atoms with E-state index in [1.807, 2.05) is 6.92 Å². The van der Waals surface area contributed by atoms with Gasteiger partial charge in [-0.15, -0.1) is 0 Å². The van der Waals surface area contributed by atoms with Crippen molar-refractivity contribution < 1.29 is 18.5 Å². The molecule has 0 fully saturated rings. The van der Waals surface area contributed by atoms with Crippen LogP contribution in [0.5, 0.6) is 0 Å². The van der Waals surface area contributed by atoms with Gasteiger partial charge in [0.05, 0.1) is 12.9 Å². The lowest BCUT2D eigenvalue weighted by molar-refractivity contribution is 0.185. The number of phosphoric ester groups is 1. The molecule has 0 aromatic carbocycles. The fourth-order valence-corrected chi connectivity index (χ4v) is 1.29. The molecule has 0 rings (SSSR count). The third-order valence-corrected chi connectivity index (χ3v) is 2.05. The zero-order chi connectivity index (χ0) is 10.3. The largest absolute Gasteiger partial charge is 0.526 e. The molecule has 0 aliphatic carbocycles. The van der Waals surface area contributed by atoms with Crippen molar-refractivity contribution in [2.75, 3.05) is 6.61 Å². The maximum absolute atomic E-state index is 11.1. The molecule has 0 spiro atoms. The summed E-state index contributed by atoms with van der Waals surface area (Å²) in [5.74, 6) is 0. The molecule has 0 saturated carbocycles. The van der Waals surface area contributed by atoms with Crippen LogP contribution in [0.25, 0.3) is 0 Å². The topological polar surface area (TPSA) is 55.8 Å². The van der Waals surface area contributed by atoms with Crippen LogP contribution in [0.15, 0.2) is 11.8 Å². The first kappa shape index (κ1) is 12.7. The van der Waals surface area contributed by atoms with Crippen LogP contribution in [-0.2, 0) is 13.6 Å². The fraction of sp³-hybridized carbons (Fsp3) is 0.750.